The first-order valence-corrected chi connectivity index (χ1v) is 9.10. The Balaban J connectivity index is 1.98. The van der Waals surface area contributed by atoms with E-state index in [0.29, 0.717) is 6.04 Å². The summed E-state index contributed by atoms with van der Waals surface area (Å²) >= 11 is 0. The van der Waals surface area contributed by atoms with E-state index >= 15 is 0 Å². The van der Waals surface area contributed by atoms with Crippen LogP contribution in [0.5, 0.6) is 0 Å². The first-order valence-electron chi connectivity index (χ1n) is 9.10. The molecule has 2 aromatic carbocycles. The van der Waals surface area contributed by atoms with E-state index < -0.39 is 0 Å². The van der Waals surface area contributed by atoms with Gasteiger partial charge < -0.3 is 0 Å². The average molecular weight is 335 g/mol. The van der Waals surface area contributed by atoms with Gasteiger partial charge in [-0.05, 0) is 38.3 Å². The third-order valence-electron chi connectivity index (χ3n) is 4.21. The molecule has 1 atom stereocenters. The molecular formula is C23H30N2. The number of allylic oxidation sites excluding steroid dienone is 1. The largest absolute Gasteiger partial charge is 0.291 e. The summed E-state index contributed by atoms with van der Waals surface area (Å²) < 4.78 is 0. The zero-order chi connectivity index (χ0) is 17.9. The number of aliphatic imine (C=N–C) groups is 1. The van der Waals surface area contributed by atoms with Crippen molar-refractivity contribution in [3.05, 3.63) is 83.4 Å². The van der Waals surface area contributed by atoms with Crippen LogP contribution in [-0.4, -0.2) is 23.7 Å². The Morgan fingerprint density at radius 1 is 0.960 bits per heavy atom. The van der Waals surface area contributed by atoms with Crippen molar-refractivity contribution < 1.29 is 0 Å². The van der Waals surface area contributed by atoms with Gasteiger partial charge in [-0.15, -0.1) is 0 Å². The highest BCUT2D eigenvalue weighted by atomic mass is 15.1. The number of nitrogens with zero attached hydrogens (tertiary/aromatic N) is 2. The Morgan fingerprint density at radius 2 is 1.56 bits per heavy atom. The monoisotopic (exact) mass is 334 g/mol. The molecule has 0 saturated carbocycles. The highest BCUT2D eigenvalue weighted by molar-refractivity contribution is 5.63. The standard InChI is InChI=1S/C23H30N2/c1-20(2)11-10-16-25(19-23-14-8-5-9-15-23)21(3)17-24-18-22-12-6-4-7-13-22/h4-9,11-15,17,21H,10,16,18-19H2,1-3H3/t21-/m0/s1. The first kappa shape index (κ1) is 19.1. The fourth-order valence-corrected chi connectivity index (χ4v) is 2.75. The van der Waals surface area contributed by atoms with E-state index in [1.807, 2.05) is 6.07 Å². The van der Waals surface area contributed by atoms with Crippen LogP contribution in [-0.2, 0) is 13.1 Å². The number of hydrogen-bond donors (Lipinski definition) is 0. The van der Waals surface area contributed by atoms with E-state index in [9.17, 15) is 0 Å². The van der Waals surface area contributed by atoms with E-state index in [1.165, 1.54) is 16.7 Å². The van der Waals surface area contributed by atoms with Gasteiger partial charge in [0.1, 0.15) is 0 Å². The number of hydrogen-bond acceptors (Lipinski definition) is 2. The van der Waals surface area contributed by atoms with Crippen LogP contribution in [0.25, 0.3) is 0 Å². The van der Waals surface area contributed by atoms with E-state index in [2.05, 4.69) is 97.6 Å². The molecular weight excluding hydrogens is 304 g/mol. The van der Waals surface area contributed by atoms with E-state index in [-0.39, 0.29) is 0 Å². The minimum atomic E-state index is 0.314. The Morgan fingerprint density at radius 3 is 2.16 bits per heavy atom. The van der Waals surface area contributed by atoms with Crippen molar-refractivity contribution in [2.75, 3.05) is 6.54 Å². The maximum Gasteiger partial charge on any atom is 0.0636 e. The minimum absolute atomic E-state index is 0.314. The third kappa shape index (κ3) is 7.49. The molecule has 0 aliphatic heterocycles. The molecule has 25 heavy (non-hydrogen) atoms. The van der Waals surface area contributed by atoms with Gasteiger partial charge in [0.15, 0.2) is 0 Å². The lowest BCUT2D eigenvalue weighted by Gasteiger charge is -2.26. The molecule has 0 amide bonds. The summed E-state index contributed by atoms with van der Waals surface area (Å²) in [5.41, 5.74) is 3.98. The van der Waals surface area contributed by atoms with Crippen LogP contribution in [0.2, 0.25) is 0 Å². The van der Waals surface area contributed by atoms with E-state index in [4.69, 9.17) is 0 Å². The van der Waals surface area contributed by atoms with Crippen LogP contribution < -0.4 is 0 Å². The van der Waals surface area contributed by atoms with E-state index in [0.717, 1.165) is 26.1 Å². The van der Waals surface area contributed by atoms with Crippen LogP contribution in [0.1, 0.15) is 38.3 Å². The lowest BCUT2D eigenvalue weighted by Crippen LogP contribution is -2.34. The van der Waals surface area contributed by atoms with E-state index in [1.54, 1.807) is 0 Å². The molecule has 0 bridgehead atoms. The lowest BCUT2D eigenvalue weighted by atomic mass is 10.1. The predicted molar refractivity (Wildman–Crippen MR) is 109 cm³/mol. The average Bonchev–Trinajstić information content (AvgIpc) is 2.62. The summed E-state index contributed by atoms with van der Waals surface area (Å²) in [6, 6.07) is 21.4. The quantitative estimate of drug-likeness (QED) is 0.436. The molecule has 2 aromatic rings. The molecule has 0 unspecified atom stereocenters. The van der Waals surface area contributed by atoms with Crippen molar-refractivity contribution in [3.8, 4) is 0 Å². The van der Waals surface area contributed by atoms with Gasteiger partial charge in [0, 0.05) is 25.3 Å². The Bertz CT molecular complexity index is 655. The summed E-state index contributed by atoms with van der Waals surface area (Å²) in [5.74, 6) is 0. The molecule has 2 heteroatoms. The van der Waals surface area contributed by atoms with Gasteiger partial charge in [-0.2, -0.15) is 0 Å². The summed E-state index contributed by atoms with van der Waals surface area (Å²) in [4.78, 5) is 7.15. The Hall–Kier alpha value is -2.19. The highest BCUT2D eigenvalue weighted by Gasteiger charge is 2.11. The lowest BCUT2D eigenvalue weighted by molar-refractivity contribution is 0.252. The minimum Gasteiger partial charge on any atom is -0.291 e. The maximum atomic E-state index is 4.67. The highest BCUT2D eigenvalue weighted by Crippen LogP contribution is 2.10. The van der Waals surface area contributed by atoms with Crippen LogP contribution in [0.4, 0.5) is 0 Å². The molecule has 0 aliphatic carbocycles. The summed E-state index contributed by atoms with van der Waals surface area (Å²) in [6.45, 7) is 9.30. The summed E-state index contributed by atoms with van der Waals surface area (Å²) in [6.07, 6.45) is 5.48. The van der Waals surface area contributed by atoms with Crippen molar-refractivity contribution in [1.82, 2.24) is 4.90 Å². The predicted octanol–water partition coefficient (Wildman–Crippen LogP) is 5.50. The van der Waals surface area contributed by atoms with Crippen LogP contribution >= 0.6 is 0 Å². The number of benzene rings is 2. The van der Waals surface area contributed by atoms with Gasteiger partial charge in [-0.3, -0.25) is 9.89 Å². The van der Waals surface area contributed by atoms with Gasteiger partial charge in [-0.1, -0.05) is 72.3 Å². The van der Waals surface area contributed by atoms with Crippen LogP contribution in [0.3, 0.4) is 0 Å². The molecule has 2 rings (SSSR count). The van der Waals surface area contributed by atoms with Gasteiger partial charge >= 0.3 is 0 Å². The SMILES string of the molecule is CC(C)=CCCN(Cc1ccccc1)[C@@H](C)C=NCc1ccccc1. The van der Waals surface area contributed by atoms with Crippen molar-refractivity contribution in [2.45, 2.75) is 46.3 Å². The molecule has 0 fully saturated rings. The first-order chi connectivity index (χ1) is 12.1. The summed E-state index contributed by atoms with van der Waals surface area (Å²) in [7, 11) is 0. The van der Waals surface area contributed by atoms with Crippen LogP contribution in [0, 0.1) is 0 Å². The van der Waals surface area contributed by atoms with Crippen LogP contribution in [0.15, 0.2) is 77.3 Å². The van der Waals surface area contributed by atoms with Crippen molar-refractivity contribution in [3.63, 3.8) is 0 Å². The molecule has 0 aliphatic rings. The second-order valence-corrected chi connectivity index (χ2v) is 6.74. The molecule has 132 valence electrons. The zero-order valence-electron chi connectivity index (χ0n) is 15.7. The zero-order valence-corrected chi connectivity index (χ0v) is 15.7. The summed E-state index contributed by atoms with van der Waals surface area (Å²) in [5, 5.41) is 0. The van der Waals surface area contributed by atoms with Gasteiger partial charge in [0.25, 0.3) is 0 Å². The fourth-order valence-electron chi connectivity index (χ4n) is 2.75. The number of rotatable bonds is 9. The molecule has 0 heterocycles. The second-order valence-electron chi connectivity index (χ2n) is 6.74. The Labute approximate surface area is 152 Å². The third-order valence-corrected chi connectivity index (χ3v) is 4.21. The molecule has 0 spiro atoms. The molecule has 0 N–H and O–H groups in total. The van der Waals surface area contributed by atoms with Gasteiger partial charge in [0.05, 0.1) is 6.54 Å². The smallest absolute Gasteiger partial charge is 0.0636 e. The topological polar surface area (TPSA) is 15.6 Å². The maximum absolute atomic E-state index is 4.67. The molecule has 0 aromatic heterocycles. The molecule has 0 radical (unpaired) electrons. The van der Waals surface area contributed by atoms with Crippen molar-refractivity contribution in [2.24, 2.45) is 4.99 Å². The van der Waals surface area contributed by atoms with Gasteiger partial charge in [0.2, 0.25) is 0 Å². The normalized spacial score (nSPS) is 12.5. The Kier molecular flexibility index (Phi) is 8.14. The second kappa shape index (κ2) is 10.6. The van der Waals surface area contributed by atoms with Gasteiger partial charge in [-0.25, -0.2) is 0 Å². The van der Waals surface area contributed by atoms with Crippen molar-refractivity contribution in [1.29, 1.82) is 0 Å². The van der Waals surface area contributed by atoms with Crippen molar-refractivity contribution >= 4 is 6.21 Å². The fraction of sp³-hybridized carbons (Fsp3) is 0.348. The molecule has 2 nitrogen and oxygen atoms in total. The molecule has 0 saturated heterocycles.